The van der Waals surface area contributed by atoms with Crippen LogP contribution in [0.2, 0.25) is 0 Å². The third kappa shape index (κ3) is 4.33. The van der Waals surface area contributed by atoms with Gasteiger partial charge in [-0.25, -0.2) is 0 Å². The number of hydrogen-bond donors (Lipinski definition) is 0. The Kier molecular flexibility index (Phi) is 6.97. The number of carbonyl (C=O) groups is 1. The van der Waals surface area contributed by atoms with Crippen LogP contribution in [0.15, 0.2) is 29.6 Å². The summed E-state index contributed by atoms with van der Waals surface area (Å²) >= 11 is 1.81. The molecular formula is C22H30N2O3S. The lowest BCUT2D eigenvalue weighted by Gasteiger charge is -2.36. The second-order valence-electron chi connectivity index (χ2n) is 7.05. The largest absolute Gasteiger partial charge is 0.493 e. The molecule has 0 saturated heterocycles. The van der Waals surface area contributed by atoms with E-state index in [9.17, 15) is 4.79 Å². The second-order valence-corrected chi connectivity index (χ2v) is 8.05. The van der Waals surface area contributed by atoms with E-state index >= 15 is 0 Å². The standard InChI is InChI=1S/C22H30N2O3S/c1-5-18-17-10-12-28-21(17)9-11-24(18)22(25)15-23(6-2)14-16-7-8-19(26-3)20(13-16)27-4/h7-8,10,12-13,18H,5-6,9,11,14-15H2,1-4H3. The normalized spacial score (nSPS) is 16.2. The first-order chi connectivity index (χ1) is 13.6. The molecule has 1 amide bonds. The van der Waals surface area contributed by atoms with Crippen molar-refractivity contribution in [3.63, 3.8) is 0 Å². The number of benzene rings is 1. The molecule has 1 aliphatic rings. The van der Waals surface area contributed by atoms with Crippen molar-refractivity contribution in [1.29, 1.82) is 0 Å². The Labute approximate surface area is 171 Å². The quantitative estimate of drug-likeness (QED) is 0.666. The maximum Gasteiger partial charge on any atom is 0.237 e. The molecule has 1 atom stereocenters. The van der Waals surface area contributed by atoms with Crippen molar-refractivity contribution in [3.05, 3.63) is 45.6 Å². The highest BCUT2D eigenvalue weighted by Gasteiger charge is 2.30. The van der Waals surface area contributed by atoms with Crippen LogP contribution in [-0.2, 0) is 17.8 Å². The fourth-order valence-corrected chi connectivity index (χ4v) is 4.86. The van der Waals surface area contributed by atoms with Crippen LogP contribution in [0, 0.1) is 0 Å². The van der Waals surface area contributed by atoms with Crippen LogP contribution in [0.1, 0.15) is 42.3 Å². The Balaban J connectivity index is 1.68. The zero-order valence-corrected chi connectivity index (χ0v) is 18.1. The van der Waals surface area contributed by atoms with Gasteiger partial charge in [-0.15, -0.1) is 11.3 Å². The van der Waals surface area contributed by atoms with Gasteiger partial charge < -0.3 is 14.4 Å². The van der Waals surface area contributed by atoms with Gasteiger partial charge in [0.2, 0.25) is 5.91 Å². The first kappa shape index (κ1) is 20.7. The van der Waals surface area contributed by atoms with Crippen molar-refractivity contribution in [3.8, 4) is 11.5 Å². The van der Waals surface area contributed by atoms with Crippen LogP contribution >= 0.6 is 11.3 Å². The summed E-state index contributed by atoms with van der Waals surface area (Å²) in [4.78, 5) is 18.8. The number of ether oxygens (including phenoxy) is 2. The number of thiophene rings is 1. The molecule has 1 unspecified atom stereocenters. The molecule has 0 bridgehead atoms. The molecule has 0 radical (unpaired) electrons. The number of fused-ring (bicyclic) bond motifs is 1. The Hall–Kier alpha value is -2.05. The van der Waals surface area contributed by atoms with Crippen molar-refractivity contribution in [2.24, 2.45) is 0 Å². The minimum Gasteiger partial charge on any atom is -0.493 e. The lowest BCUT2D eigenvalue weighted by atomic mass is 9.97. The van der Waals surface area contributed by atoms with Crippen molar-refractivity contribution in [1.82, 2.24) is 9.80 Å². The molecular weight excluding hydrogens is 372 g/mol. The first-order valence-electron chi connectivity index (χ1n) is 9.90. The van der Waals surface area contributed by atoms with Gasteiger partial charge in [0.05, 0.1) is 26.8 Å². The summed E-state index contributed by atoms with van der Waals surface area (Å²) in [6, 6.07) is 8.33. The molecule has 0 spiro atoms. The van der Waals surface area contributed by atoms with Crippen LogP contribution in [0.3, 0.4) is 0 Å². The molecule has 3 rings (SSSR count). The number of methoxy groups -OCH3 is 2. The molecule has 1 aliphatic heterocycles. The van der Waals surface area contributed by atoms with Gasteiger partial charge in [-0.2, -0.15) is 0 Å². The van der Waals surface area contributed by atoms with Crippen LogP contribution in [0.5, 0.6) is 11.5 Å². The SMILES string of the molecule is CCC1c2ccsc2CCN1C(=O)CN(CC)Cc1ccc(OC)c(OC)c1. The smallest absolute Gasteiger partial charge is 0.237 e. The van der Waals surface area contributed by atoms with Gasteiger partial charge in [0, 0.05) is 18.0 Å². The molecule has 2 heterocycles. The van der Waals surface area contributed by atoms with E-state index in [2.05, 4.69) is 35.1 Å². The number of carbonyl (C=O) groups excluding carboxylic acids is 1. The van der Waals surface area contributed by atoms with E-state index in [1.807, 2.05) is 29.5 Å². The predicted molar refractivity (Wildman–Crippen MR) is 113 cm³/mol. The molecule has 0 fully saturated rings. The topological polar surface area (TPSA) is 42.0 Å². The Bertz CT molecular complexity index is 805. The van der Waals surface area contributed by atoms with Gasteiger partial charge in [0.15, 0.2) is 11.5 Å². The summed E-state index contributed by atoms with van der Waals surface area (Å²) in [5.41, 5.74) is 2.45. The number of likely N-dealkylation sites (N-methyl/N-ethyl adjacent to an activating group) is 1. The van der Waals surface area contributed by atoms with Gasteiger partial charge in [0.1, 0.15) is 0 Å². The highest BCUT2D eigenvalue weighted by atomic mass is 32.1. The molecule has 1 aromatic carbocycles. The minimum atomic E-state index is 0.210. The Morgan fingerprint density at radius 3 is 2.68 bits per heavy atom. The van der Waals surface area contributed by atoms with E-state index in [4.69, 9.17) is 9.47 Å². The van der Waals surface area contributed by atoms with Gasteiger partial charge in [0.25, 0.3) is 0 Å². The lowest BCUT2D eigenvalue weighted by Crippen LogP contribution is -2.44. The van der Waals surface area contributed by atoms with Crippen LogP contribution in [-0.4, -0.2) is 49.6 Å². The minimum absolute atomic E-state index is 0.210. The molecule has 0 N–H and O–H groups in total. The Morgan fingerprint density at radius 1 is 1.21 bits per heavy atom. The zero-order chi connectivity index (χ0) is 20.1. The Morgan fingerprint density at radius 2 is 2.00 bits per heavy atom. The molecule has 0 saturated carbocycles. The number of nitrogens with zero attached hydrogens (tertiary/aromatic N) is 2. The van der Waals surface area contributed by atoms with Crippen LogP contribution in [0.4, 0.5) is 0 Å². The summed E-state index contributed by atoms with van der Waals surface area (Å²) in [5, 5.41) is 2.15. The highest BCUT2D eigenvalue weighted by molar-refractivity contribution is 7.10. The zero-order valence-electron chi connectivity index (χ0n) is 17.2. The second kappa shape index (κ2) is 9.43. The summed E-state index contributed by atoms with van der Waals surface area (Å²) in [5.74, 6) is 1.65. The molecule has 28 heavy (non-hydrogen) atoms. The average molecular weight is 403 g/mol. The van der Waals surface area contributed by atoms with Gasteiger partial charge >= 0.3 is 0 Å². The van der Waals surface area contributed by atoms with Crippen molar-refractivity contribution < 1.29 is 14.3 Å². The molecule has 0 aliphatic carbocycles. The third-order valence-electron chi connectivity index (χ3n) is 5.46. The van der Waals surface area contributed by atoms with E-state index in [0.29, 0.717) is 13.1 Å². The lowest BCUT2D eigenvalue weighted by molar-refractivity contribution is -0.135. The van der Waals surface area contributed by atoms with Crippen molar-refractivity contribution >= 4 is 17.2 Å². The number of amides is 1. The van der Waals surface area contributed by atoms with E-state index in [-0.39, 0.29) is 11.9 Å². The van der Waals surface area contributed by atoms with E-state index in [1.54, 1.807) is 14.2 Å². The van der Waals surface area contributed by atoms with Gasteiger partial charge in [-0.3, -0.25) is 9.69 Å². The number of hydrogen-bond acceptors (Lipinski definition) is 5. The summed E-state index contributed by atoms with van der Waals surface area (Å²) in [7, 11) is 3.28. The maximum absolute atomic E-state index is 13.1. The fraction of sp³-hybridized carbons (Fsp3) is 0.500. The van der Waals surface area contributed by atoms with Crippen molar-refractivity contribution in [2.45, 2.75) is 39.3 Å². The van der Waals surface area contributed by atoms with Gasteiger partial charge in [-0.1, -0.05) is 19.9 Å². The van der Waals surface area contributed by atoms with Crippen LogP contribution in [0.25, 0.3) is 0 Å². The maximum atomic E-state index is 13.1. The van der Waals surface area contributed by atoms with Crippen LogP contribution < -0.4 is 9.47 Å². The molecule has 2 aromatic rings. The van der Waals surface area contributed by atoms with E-state index in [0.717, 1.165) is 43.0 Å². The monoisotopic (exact) mass is 402 g/mol. The highest BCUT2D eigenvalue weighted by Crippen LogP contribution is 2.35. The molecule has 1 aromatic heterocycles. The first-order valence-corrected chi connectivity index (χ1v) is 10.8. The van der Waals surface area contributed by atoms with Gasteiger partial charge in [-0.05, 0) is 54.1 Å². The molecule has 6 heteroatoms. The fourth-order valence-electron chi connectivity index (χ4n) is 3.93. The summed E-state index contributed by atoms with van der Waals surface area (Å²) < 4.78 is 10.7. The molecule has 152 valence electrons. The summed E-state index contributed by atoms with van der Waals surface area (Å²) in [6.45, 7) is 7.03. The summed E-state index contributed by atoms with van der Waals surface area (Å²) in [6.07, 6.45) is 1.92. The van der Waals surface area contributed by atoms with E-state index in [1.165, 1.54) is 10.4 Å². The number of rotatable bonds is 8. The predicted octanol–water partition coefficient (Wildman–Crippen LogP) is 4.12. The average Bonchev–Trinajstić information content (AvgIpc) is 3.21. The van der Waals surface area contributed by atoms with Crippen molar-refractivity contribution in [2.75, 3.05) is 33.9 Å². The van der Waals surface area contributed by atoms with E-state index < -0.39 is 0 Å². The third-order valence-corrected chi connectivity index (χ3v) is 6.46. The molecule has 5 nitrogen and oxygen atoms in total.